The van der Waals surface area contributed by atoms with E-state index in [1.807, 2.05) is 11.3 Å². The molecule has 0 atom stereocenters. The van der Waals surface area contributed by atoms with E-state index in [0.717, 1.165) is 11.4 Å². The number of H-pyrrole nitrogens is 1. The van der Waals surface area contributed by atoms with Crippen molar-refractivity contribution in [3.05, 3.63) is 39.9 Å². The maximum absolute atomic E-state index is 11.2. The number of hydrogen-bond donors (Lipinski definition) is 1. The summed E-state index contributed by atoms with van der Waals surface area (Å²) in [5.74, 6) is -0.308. The van der Waals surface area contributed by atoms with E-state index in [0.29, 0.717) is 5.65 Å². The number of hydrogen-bond acceptors (Lipinski definition) is 3. The number of pyridine rings is 1. The first kappa shape index (κ1) is 10.5. The zero-order valence-corrected chi connectivity index (χ0v) is 9.11. The average molecular weight is 220 g/mol. The maximum atomic E-state index is 11.2. The van der Waals surface area contributed by atoms with E-state index in [-0.39, 0.29) is 17.8 Å². The van der Waals surface area contributed by atoms with Crippen molar-refractivity contribution in [2.45, 2.75) is 13.3 Å². The standard InChI is InChI=1S/C11H12N2O3/c1-7-9(6-11(15)16-2)12-10-5-8(14)3-4-13(7)10/h3-5,12H,6H2,1-2H3. The van der Waals surface area contributed by atoms with Crippen molar-refractivity contribution in [3.8, 4) is 0 Å². The minimum atomic E-state index is -0.308. The lowest BCUT2D eigenvalue weighted by Crippen LogP contribution is -2.05. The molecule has 2 rings (SSSR count). The zero-order chi connectivity index (χ0) is 11.7. The van der Waals surface area contributed by atoms with Gasteiger partial charge in [0.1, 0.15) is 5.65 Å². The fourth-order valence-corrected chi connectivity index (χ4v) is 1.65. The Bertz CT molecular complexity index is 595. The number of aromatic amines is 1. The molecular weight excluding hydrogens is 208 g/mol. The number of ether oxygens (including phenoxy) is 1. The fraction of sp³-hybridized carbons (Fsp3) is 0.273. The molecule has 0 saturated carbocycles. The number of nitrogens with zero attached hydrogens (tertiary/aromatic N) is 1. The van der Waals surface area contributed by atoms with Gasteiger partial charge in [0.25, 0.3) is 0 Å². The summed E-state index contributed by atoms with van der Waals surface area (Å²) in [7, 11) is 1.35. The van der Waals surface area contributed by atoms with Crippen LogP contribution in [0.2, 0.25) is 0 Å². The normalized spacial score (nSPS) is 10.6. The molecule has 0 aliphatic carbocycles. The Morgan fingerprint density at radius 1 is 1.56 bits per heavy atom. The van der Waals surface area contributed by atoms with Crippen LogP contribution >= 0.6 is 0 Å². The molecular formula is C11H12N2O3. The first-order valence-electron chi connectivity index (χ1n) is 4.88. The molecule has 0 saturated heterocycles. The zero-order valence-electron chi connectivity index (χ0n) is 9.11. The summed E-state index contributed by atoms with van der Waals surface area (Å²) in [6.07, 6.45) is 1.86. The lowest BCUT2D eigenvalue weighted by atomic mass is 10.2. The highest BCUT2D eigenvalue weighted by atomic mass is 16.5. The molecule has 0 fully saturated rings. The first-order valence-corrected chi connectivity index (χ1v) is 4.88. The van der Waals surface area contributed by atoms with Crippen molar-refractivity contribution in [3.63, 3.8) is 0 Å². The van der Waals surface area contributed by atoms with E-state index in [9.17, 15) is 9.59 Å². The second-order valence-corrected chi connectivity index (χ2v) is 3.56. The van der Waals surface area contributed by atoms with Gasteiger partial charge >= 0.3 is 5.97 Å². The lowest BCUT2D eigenvalue weighted by Gasteiger charge is -1.98. The van der Waals surface area contributed by atoms with Gasteiger partial charge in [-0.25, -0.2) is 0 Å². The van der Waals surface area contributed by atoms with Crippen molar-refractivity contribution < 1.29 is 9.53 Å². The molecule has 2 aromatic heterocycles. The molecule has 0 unspecified atom stereocenters. The van der Waals surface area contributed by atoms with Gasteiger partial charge < -0.3 is 14.1 Å². The number of aryl methyl sites for hydroxylation is 1. The van der Waals surface area contributed by atoms with Gasteiger partial charge in [0, 0.05) is 29.7 Å². The van der Waals surface area contributed by atoms with E-state index >= 15 is 0 Å². The molecule has 0 aliphatic heterocycles. The maximum Gasteiger partial charge on any atom is 0.311 e. The van der Waals surface area contributed by atoms with Gasteiger partial charge in [0.05, 0.1) is 13.5 Å². The van der Waals surface area contributed by atoms with Crippen molar-refractivity contribution >= 4 is 11.6 Å². The van der Waals surface area contributed by atoms with Crippen LogP contribution in [0.5, 0.6) is 0 Å². The topological polar surface area (TPSA) is 63.6 Å². The number of carbonyl (C=O) groups is 1. The number of imidazole rings is 1. The number of esters is 1. The second kappa shape index (κ2) is 3.84. The van der Waals surface area contributed by atoms with Gasteiger partial charge in [0.15, 0.2) is 5.43 Å². The molecule has 2 heterocycles. The number of carbonyl (C=O) groups excluding carboxylic acids is 1. The average Bonchev–Trinajstić information content (AvgIpc) is 2.55. The van der Waals surface area contributed by atoms with Crippen LogP contribution in [0.15, 0.2) is 23.1 Å². The molecule has 2 aromatic rings. The monoisotopic (exact) mass is 220 g/mol. The third-order valence-corrected chi connectivity index (χ3v) is 2.55. The summed E-state index contributed by atoms with van der Waals surface area (Å²) in [5, 5.41) is 0. The highest BCUT2D eigenvalue weighted by Crippen LogP contribution is 2.10. The van der Waals surface area contributed by atoms with Gasteiger partial charge in [-0.2, -0.15) is 0 Å². The highest BCUT2D eigenvalue weighted by Gasteiger charge is 2.10. The molecule has 84 valence electrons. The smallest absolute Gasteiger partial charge is 0.311 e. The van der Waals surface area contributed by atoms with E-state index < -0.39 is 0 Å². The first-order chi connectivity index (χ1) is 7.61. The molecule has 0 aliphatic rings. The molecule has 0 bridgehead atoms. The third-order valence-electron chi connectivity index (χ3n) is 2.55. The van der Waals surface area contributed by atoms with Gasteiger partial charge in [-0.3, -0.25) is 9.59 Å². The molecule has 0 amide bonds. The Morgan fingerprint density at radius 2 is 2.31 bits per heavy atom. The van der Waals surface area contributed by atoms with E-state index in [1.165, 1.54) is 19.2 Å². The SMILES string of the molecule is COC(=O)Cc1[nH]c2cc(=O)ccn2c1C. The summed E-state index contributed by atoms with van der Waals surface area (Å²) in [4.78, 5) is 25.4. The lowest BCUT2D eigenvalue weighted by molar-refractivity contribution is -0.139. The summed E-state index contributed by atoms with van der Waals surface area (Å²) < 4.78 is 6.43. The minimum absolute atomic E-state index is 0.0640. The number of fused-ring (bicyclic) bond motifs is 1. The predicted octanol–water partition coefficient (Wildman–Crippen LogP) is 0.652. The minimum Gasteiger partial charge on any atom is -0.469 e. The largest absolute Gasteiger partial charge is 0.469 e. The Kier molecular flexibility index (Phi) is 2.52. The van der Waals surface area contributed by atoms with Crippen LogP contribution in [0.3, 0.4) is 0 Å². The fourth-order valence-electron chi connectivity index (χ4n) is 1.65. The van der Waals surface area contributed by atoms with Crippen LogP contribution in [0.1, 0.15) is 11.4 Å². The van der Waals surface area contributed by atoms with Crippen LogP contribution in [0, 0.1) is 6.92 Å². The van der Waals surface area contributed by atoms with Crippen LogP contribution in [-0.2, 0) is 16.0 Å². The van der Waals surface area contributed by atoms with Gasteiger partial charge in [-0.1, -0.05) is 0 Å². The number of nitrogens with one attached hydrogen (secondary N) is 1. The summed E-state index contributed by atoms with van der Waals surface area (Å²) in [5.41, 5.74) is 2.28. The number of methoxy groups -OCH3 is 1. The molecule has 1 N–H and O–H groups in total. The summed E-state index contributed by atoms with van der Waals surface area (Å²) in [6, 6.07) is 2.98. The molecule has 0 spiro atoms. The molecule has 0 aromatic carbocycles. The Morgan fingerprint density at radius 3 is 3.00 bits per heavy atom. The highest BCUT2D eigenvalue weighted by molar-refractivity contribution is 5.72. The molecule has 16 heavy (non-hydrogen) atoms. The second-order valence-electron chi connectivity index (χ2n) is 3.56. The van der Waals surface area contributed by atoms with Crippen molar-refractivity contribution in [1.82, 2.24) is 9.38 Å². The Balaban J connectivity index is 2.51. The van der Waals surface area contributed by atoms with E-state index in [2.05, 4.69) is 9.72 Å². The quantitative estimate of drug-likeness (QED) is 0.756. The van der Waals surface area contributed by atoms with Crippen molar-refractivity contribution in [2.75, 3.05) is 7.11 Å². The van der Waals surface area contributed by atoms with Crippen molar-refractivity contribution in [2.24, 2.45) is 0 Å². The van der Waals surface area contributed by atoms with Crippen LogP contribution in [-0.4, -0.2) is 22.5 Å². The predicted molar refractivity (Wildman–Crippen MR) is 58.5 cm³/mol. The Labute approximate surface area is 91.7 Å². The van der Waals surface area contributed by atoms with E-state index in [4.69, 9.17) is 0 Å². The van der Waals surface area contributed by atoms with Gasteiger partial charge in [0.2, 0.25) is 0 Å². The van der Waals surface area contributed by atoms with E-state index in [1.54, 1.807) is 6.20 Å². The molecule has 5 heteroatoms. The van der Waals surface area contributed by atoms with Crippen molar-refractivity contribution in [1.29, 1.82) is 0 Å². The van der Waals surface area contributed by atoms with Gasteiger partial charge in [-0.05, 0) is 6.92 Å². The number of aromatic nitrogens is 2. The number of rotatable bonds is 2. The van der Waals surface area contributed by atoms with Crippen LogP contribution in [0.25, 0.3) is 5.65 Å². The summed E-state index contributed by atoms with van der Waals surface area (Å²) >= 11 is 0. The third kappa shape index (κ3) is 1.71. The summed E-state index contributed by atoms with van der Waals surface area (Å²) in [6.45, 7) is 1.88. The van der Waals surface area contributed by atoms with Crippen LogP contribution in [0.4, 0.5) is 0 Å². The van der Waals surface area contributed by atoms with Gasteiger partial charge in [-0.15, -0.1) is 0 Å². The Hall–Kier alpha value is -2.04. The molecule has 0 radical (unpaired) electrons. The van der Waals surface area contributed by atoms with Crippen LogP contribution < -0.4 is 5.43 Å². The molecule has 5 nitrogen and oxygen atoms in total.